The van der Waals surface area contributed by atoms with Crippen molar-refractivity contribution < 1.29 is 24.3 Å². The van der Waals surface area contributed by atoms with Crippen molar-refractivity contribution in [3.05, 3.63) is 12.2 Å². The lowest BCUT2D eigenvalue weighted by atomic mass is 10.4. The van der Waals surface area contributed by atoms with Gasteiger partial charge in [0.1, 0.15) is 0 Å². The Bertz CT molecular complexity index is 203. The van der Waals surface area contributed by atoms with E-state index in [0.29, 0.717) is 0 Å². The van der Waals surface area contributed by atoms with E-state index < -0.39 is 19.7 Å². The van der Waals surface area contributed by atoms with Gasteiger partial charge in [-0.25, -0.2) is 0 Å². The van der Waals surface area contributed by atoms with Crippen LogP contribution < -0.4 is 0 Å². The fraction of sp³-hybridized carbons (Fsp3) is 0.400. The fourth-order valence-corrected chi connectivity index (χ4v) is 0.820. The summed E-state index contributed by atoms with van der Waals surface area (Å²) in [4.78, 5) is 26.5. The monoisotopic (exact) mass is 180 g/mol. The van der Waals surface area contributed by atoms with Crippen LogP contribution in [-0.2, 0) is 9.36 Å². The van der Waals surface area contributed by atoms with Crippen LogP contribution in [0.15, 0.2) is 12.2 Å². The Kier molecular flexibility index (Phi) is 4.03. The van der Waals surface area contributed by atoms with Crippen LogP contribution >= 0.6 is 7.60 Å². The minimum atomic E-state index is -4.01. The number of carboxylic acids is 1. The zero-order valence-electron chi connectivity index (χ0n) is 5.67. The average molecular weight is 180 g/mol. The van der Waals surface area contributed by atoms with Crippen LogP contribution in [0.4, 0.5) is 0 Å². The maximum absolute atomic E-state index is 10.2. The predicted octanol–water partition coefficient (Wildman–Crippen LogP) is 0.195. The summed E-state index contributed by atoms with van der Waals surface area (Å²) in [6, 6.07) is 0. The maximum Gasteiger partial charge on any atom is 0.329 e. The Morgan fingerprint density at radius 3 is 2.27 bits per heavy atom. The van der Waals surface area contributed by atoms with Gasteiger partial charge in [0.25, 0.3) is 0 Å². The lowest BCUT2D eigenvalue weighted by molar-refractivity contribution is -0.136. The smallest absolute Gasteiger partial charge is 0.329 e. The first-order chi connectivity index (χ1) is 4.92. The van der Waals surface area contributed by atoms with E-state index in [9.17, 15) is 9.36 Å². The van der Waals surface area contributed by atoms with Crippen molar-refractivity contribution in [1.29, 1.82) is 0 Å². The third-order valence-corrected chi connectivity index (χ3v) is 1.49. The zero-order valence-corrected chi connectivity index (χ0v) is 6.57. The van der Waals surface area contributed by atoms with E-state index in [0.717, 1.165) is 6.08 Å². The second-order valence-corrected chi connectivity index (χ2v) is 3.61. The molecule has 6 heteroatoms. The molecule has 5 nitrogen and oxygen atoms in total. The van der Waals surface area contributed by atoms with E-state index in [2.05, 4.69) is 0 Å². The first kappa shape index (κ1) is 10.4. The van der Waals surface area contributed by atoms with Crippen molar-refractivity contribution in [2.75, 3.05) is 6.16 Å². The van der Waals surface area contributed by atoms with Gasteiger partial charge < -0.3 is 14.9 Å². The summed E-state index contributed by atoms with van der Waals surface area (Å²) in [5, 5.41) is 8.10. The summed E-state index contributed by atoms with van der Waals surface area (Å²) >= 11 is 0. The number of aliphatic carboxylic acids is 1. The van der Waals surface area contributed by atoms with Crippen LogP contribution in [0, 0.1) is 0 Å². The molecule has 0 saturated heterocycles. The number of carboxylic acid groups (broad SMARTS) is 1. The zero-order chi connectivity index (χ0) is 8.91. The number of hydrogen-bond donors (Lipinski definition) is 3. The second-order valence-electron chi connectivity index (χ2n) is 1.92. The van der Waals surface area contributed by atoms with E-state index in [1.807, 2.05) is 0 Å². The molecule has 0 rings (SSSR count). The molecule has 0 aliphatic heterocycles. The Hall–Kier alpha value is -0.640. The Labute approximate surface area is 63.5 Å². The number of allylic oxidation sites excluding steroid dienone is 1. The predicted molar refractivity (Wildman–Crippen MR) is 38.3 cm³/mol. The van der Waals surface area contributed by atoms with Gasteiger partial charge in [0, 0.05) is 0 Å². The second kappa shape index (κ2) is 4.28. The Morgan fingerprint density at radius 1 is 1.36 bits per heavy atom. The van der Waals surface area contributed by atoms with Crippen LogP contribution in [0.3, 0.4) is 0 Å². The van der Waals surface area contributed by atoms with Crippen LogP contribution in [0.2, 0.25) is 0 Å². The normalized spacial score (nSPS) is 12.2. The van der Waals surface area contributed by atoms with Crippen LogP contribution in [-0.4, -0.2) is 27.0 Å². The van der Waals surface area contributed by atoms with E-state index >= 15 is 0 Å². The van der Waals surface area contributed by atoms with Gasteiger partial charge in [0.2, 0.25) is 0 Å². The van der Waals surface area contributed by atoms with Crippen LogP contribution in [0.5, 0.6) is 0 Å². The maximum atomic E-state index is 10.2. The number of rotatable bonds is 4. The first-order valence-electron chi connectivity index (χ1n) is 2.83. The average Bonchev–Trinajstić information content (AvgIpc) is 1.78. The molecule has 11 heavy (non-hydrogen) atoms. The fourth-order valence-electron chi connectivity index (χ4n) is 0.396. The summed E-state index contributed by atoms with van der Waals surface area (Å²) in [7, 11) is -4.01. The largest absolute Gasteiger partial charge is 0.481 e. The number of carbonyl (C=O) groups is 1. The molecule has 0 aliphatic carbocycles. The molecule has 0 aromatic carbocycles. The quantitative estimate of drug-likeness (QED) is 0.424. The molecule has 0 aromatic rings. The summed E-state index contributed by atoms with van der Waals surface area (Å²) in [6.07, 6.45) is 1.76. The summed E-state index contributed by atoms with van der Waals surface area (Å²) < 4.78 is 10.2. The van der Waals surface area contributed by atoms with Crippen molar-refractivity contribution in [2.45, 2.75) is 6.42 Å². The highest BCUT2D eigenvalue weighted by Gasteiger charge is 2.08. The van der Waals surface area contributed by atoms with Gasteiger partial charge in [-0.05, 0) is 0 Å². The van der Waals surface area contributed by atoms with E-state index in [-0.39, 0.29) is 6.42 Å². The van der Waals surface area contributed by atoms with E-state index in [1.54, 1.807) is 0 Å². The van der Waals surface area contributed by atoms with Crippen molar-refractivity contribution in [1.82, 2.24) is 0 Å². The lowest BCUT2D eigenvalue weighted by Gasteiger charge is -1.95. The summed E-state index contributed by atoms with van der Waals surface area (Å²) in [6.45, 7) is 0. The van der Waals surface area contributed by atoms with Crippen molar-refractivity contribution in [2.24, 2.45) is 0 Å². The van der Waals surface area contributed by atoms with Crippen LogP contribution in [0.1, 0.15) is 6.42 Å². The molecule has 0 aliphatic rings. The summed E-state index contributed by atoms with van der Waals surface area (Å²) in [5.41, 5.74) is 0. The van der Waals surface area contributed by atoms with Crippen LogP contribution in [0.25, 0.3) is 0 Å². The molecule has 0 heterocycles. The molecule has 64 valence electrons. The van der Waals surface area contributed by atoms with E-state index in [4.69, 9.17) is 14.9 Å². The summed E-state index contributed by atoms with van der Waals surface area (Å²) in [5.74, 6) is -1.02. The molecule has 0 amide bonds. The SMILES string of the molecule is O=C(O)CC=CCP(=O)(O)O. The van der Waals surface area contributed by atoms with Gasteiger partial charge in [-0.2, -0.15) is 0 Å². The molecule has 0 spiro atoms. The molecule has 0 aromatic heterocycles. The molecule has 0 unspecified atom stereocenters. The molecule has 0 atom stereocenters. The van der Waals surface area contributed by atoms with E-state index in [1.165, 1.54) is 6.08 Å². The number of hydrogen-bond acceptors (Lipinski definition) is 2. The van der Waals surface area contributed by atoms with Gasteiger partial charge in [-0.3, -0.25) is 9.36 Å². The Morgan fingerprint density at radius 2 is 1.91 bits per heavy atom. The van der Waals surface area contributed by atoms with Gasteiger partial charge >= 0.3 is 13.6 Å². The van der Waals surface area contributed by atoms with Gasteiger partial charge in [0.05, 0.1) is 12.6 Å². The Balaban J connectivity index is 3.62. The highest BCUT2D eigenvalue weighted by Crippen LogP contribution is 2.33. The first-order valence-corrected chi connectivity index (χ1v) is 4.63. The van der Waals surface area contributed by atoms with Gasteiger partial charge in [-0.15, -0.1) is 0 Å². The third-order valence-electron chi connectivity index (χ3n) is 0.802. The van der Waals surface area contributed by atoms with Gasteiger partial charge in [0.15, 0.2) is 0 Å². The van der Waals surface area contributed by atoms with Crippen molar-refractivity contribution in [3.63, 3.8) is 0 Å². The van der Waals surface area contributed by atoms with Crippen molar-refractivity contribution >= 4 is 13.6 Å². The minimum Gasteiger partial charge on any atom is -0.481 e. The molecular formula is C5H9O5P. The molecular weight excluding hydrogens is 171 g/mol. The highest BCUT2D eigenvalue weighted by molar-refractivity contribution is 7.51. The molecule has 3 N–H and O–H groups in total. The molecule has 0 bridgehead atoms. The molecule has 0 saturated carbocycles. The minimum absolute atomic E-state index is 0.208. The molecule has 0 fully saturated rings. The van der Waals surface area contributed by atoms with Crippen molar-refractivity contribution in [3.8, 4) is 0 Å². The third kappa shape index (κ3) is 9.36. The van der Waals surface area contributed by atoms with Gasteiger partial charge in [-0.1, -0.05) is 12.2 Å². The topological polar surface area (TPSA) is 94.8 Å². The standard InChI is InChI=1S/C5H9O5P/c6-5(7)3-1-2-4-11(8,9)10/h1-2H,3-4H2,(H,6,7)(H2,8,9,10). The molecule has 0 radical (unpaired) electrons. The highest BCUT2D eigenvalue weighted by atomic mass is 31.2. The lowest BCUT2D eigenvalue weighted by Crippen LogP contribution is -1.90.